The van der Waals surface area contributed by atoms with Crippen LogP contribution in [0, 0.1) is 0 Å². The van der Waals surface area contributed by atoms with Gasteiger partial charge in [0.05, 0.1) is 6.04 Å². The lowest BCUT2D eigenvalue weighted by Crippen LogP contribution is -2.46. The van der Waals surface area contributed by atoms with Crippen molar-refractivity contribution in [3.05, 3.63) is 0 Å². The quantitative estimate of drug-likeness (QED) is 0.514. The van der Waals surface area contributed by atoms with Gasteiger partial charge in [-0.1, -0.05) is 0 Å². The molecule has 0 radical (unpaired) electrons. The molecule has 0 saturated heterocycles. The van der Waals surface area contributed by atoms with Crippen molar-refractivity contribution < 1.29 is 33.7 Å². The number of rotatable bonds is 8. The SMILES string of the molecule is COC(CON(C(=O)O)C(C)CNC(=O)OC(C)(C)C)OC. The van der Waals surface area contributed by atoms with Crippen LogP contribution in [0.25, 0.3) is 0 Å². The minimum Gasteiger partial charge on any atom is -0.463 e. The lowest BCUT2D eigenvalue weighted by atomic mass is 10.2. The average Bonchev–Trinajstić information content (AvgIpc) is 2.39. The van der Waals surface area contributed by atoms with Crippen molar-refractivity contribution in [1.29, 1.82) is 0 Å². The number of hydrogen-bond donors (Lipinski definition) is 2. The molecule has 0 spiro atoms. The van der Waals surface area contributed by atoms with Gasteiger partial charge in [-0.25, -0.2) is 9.59 Å². The second kappa shape index (κ2) is 9.44. The van der Waals surface area contributed by atoms with Gasteiger partial charge in [-0.3, -0.25) is 4.84 Å². The van der Waals surface area contributed by atoms with Gasteiger partial charge in [0.15, 0.2) is 6.29 Å². The highest BCUT2D eigenvalue weighted by Gasteiger charge is 2.24. The molecular formula is C13H26N2O7. The lowest BCUT2D eigenvalue weighted by molar-refractivity contribution is -0.219. The zero-order valence-corrected chi connectivity index (χ0v) is 13.9. The first-order chi connectivity index (χ1) is 10.1. The standard InChI is InChI=1S/C13H26N2O7/c1-9(7-14-11(16)22-13(2,3)4)15(12(17)18)21-8-10(19-5)20-6/h9-10H,7-8H2,1-6H3,(H,14,16)(H,17,18). The highest BCUT2D eigenvalue weighted by Crippen LogP contribution is 2.07. The van der Waals surface area contributed by atoms with Gasteiger partial charge in [0.1, 0.15) is 12.2 Å². The van der Waals surface area contributed by atoms with Gasteiger partial charge < -0.3 is 24.6 Å². The Morgan fingerprint density at radius 1 is 1.23 bits per heavy atom. The number of alkyl carbamates (subject to hydrolysis) is 1. The van der Waals surface area contributed by atoms with Crippen LogP contribution in [0.5, 0.6) is 0 Å². The fraction of sp³-hybridized carbons (Fsp3) is 0.846. The summed E-state index contributed by atoms with van der Waals surface area (Å²) in [6.07, 6.45) is -2.60. The number of amides is 2. The van der Waals surface area contributed by atoms with Crippen molar-refractivity contribution in [1.82, 2.24) is 10.4 Å². The maximum absolute atomic E-state index is 11.5. The molecule has 0 bridgehead atoms. The molecule has 1 atom stereocenters. The van der Waals surface area contributed by atoms with E-state index in [0.717, 1.165) is 5.06 Å². The monoisotopic (exact) mass is 322 g/mol. The van der Waals surface area contributed by atoms with Crippen molar-refractivity contribution in [2.45, 2.75) is 45.6 Å². The predicted molar refractivity (Wildman–Crippen MR) is 77.3 cm³/mol. The molecule has 0 saturated carbocycles. The smallest absolute Gasteiger partial charge is 0.431 e. The Morgan fingerprint density at radius 2 is 1.77 bits per heavy atom. The molecule has 0 aromatic heterocycles. The number of ether oxygens (including phenoxy) is 3. The van der Waals surface area contributed by atoms with E-state index in [9.17, 15) is 9.59 Å². The molecule has 9 nitrogen and oxygen atoms in total. The predicted octanol–water partition coefficient (Wildman–Crippen LogP) is 1.43. The zero-order chi connectivity index (χ0) is 17.3. The molecule has 0 aliphatic carbocycles. The van der Waals surface area contributed by atoms with E-state index in [1.807, 2.05) is 0 Å². The van der Waals surface area contributed by atoms with Crippen LogP contribution in [0.1, 0.15) is 27.7 Å². The van der Waals surface area contributed by atoms with Gasteiger partial charge in [-0.05, 0) is 27.7 Å². The maximum atomic E-state index is 11.5. The summed E-state index contributed by atoms with van der Waals surface area (Å²) in [5, 5.41) is 12.3. The van der Waals surface area contributed by atoms with E-state index >= 15 is 0 Å². The highest BCUT2D eigenvalue weighted by molar-refractivity contribution is 5.68. The maximum Gasteiger partial charge on any atom is 0.431 e. The van der Waals surface area contributed by atoms with Gasteiger partial charge in [0.25, 0.3) is 0 Å². The van der Waals surface area contributed by atoms with Gasteiger partial charge in [-0.2, -0.15) is 5.06 Å². The Hall–Kier alpha value is -1.58. The van der Waals surface area contributed by atoms with Crippen molar-refractivity contribution in [3.8, 4) is 0 Å². The van der Waals surface area contributed by atoms with Crippen LogP contribution < -0.4 is 5.32 Å². The summed E-state index contributed by atoms with van der Waals surface area (Å²) < 4.78 is 14.9. The molecule has 2 amide bonds. The number of nitrogens with zero attached hydrogens (tertiary/aromatic N) is 1. The summed E-state index contributed by atoms with van der Waals surface area (Å²) in [6.45, 7) is 6.72. The van der Waals surface area contributed by atoms with Crippen LogP contribution in [-0.2, 0) is 19.0 Å². The summed E-state index contributed by atoms with van der Waals surface area (Å²) in [6, 6.07) is -0.626. The molecule has 0 aromatic rings. The van der Waals surface area contributed by atoms with Gasteiger partial charge >= 0.3 is 12.2 Å². The minimum absolute atomic E-state index is 0.0336. The normalized spacial score (nSPS) is 12.9. The molecule has 0 aliphatic rings. The topological polar surface area (TPSA) is 107 Å². The van der Waals surface area contributed by atoms with E-state index in [4.69, 9.17) is 24.2 Å². The molecule has 130 valence electrons. The summed E-state index contributed by atoms with van der Waals surface area (Å²) >= 11 is 0. The molecule has 9 heteroatoms. The number of hydroxylamine groups is 2. The fourth-order valence-corrected chi connectivity index (χ4v) is 1.37. The number of carbonyl (C=O) groups is 2. The number of nitrogens with one attached hydrogen (secondary N) is 1. The van der Waals surface area contributed by atoms with E-state index in [1.165, 1.54) is 14.2 Å². The second-order valence-corrected chi connectivity index (χ2v) is 5.54. The lowest BCUT2D eigenvalue weighted by Gasteiger charge is -2.27. The molecule has 0 aromatic carbocycles. The summed E-state index contributed by atoms with van der Waals surface area (Å²) in [4.78, 5) is 27.8. The van der Waals surface area contributed by atoms with Gasteiger partial charge in [-0.15, -0.1) is 0 Å². The second-order valence-electron chi connectivity index (χ2n) is 5.54. The first kappa shape index (κ1) is 20.4. The molecule has 0 fully saturated rings. The van der Waals surface area contributed by atoms with E-state index in [0.29, 0.717) is 0 Å². The van der Waals surface area contributed by atoms with Crippen LogP contribution in [-0.4, -0.2) is 67.7 Å². The zero-order valence-electron chi connectivity index (χ0n) is 13.9. The molecule has 0 rings (SSSR count). The Morgan fingerprint density at radius 3 is 2.18 bits per heavy atom. The molecule has 22 heavy (non-hydrogen) atoms. The van der Waals surface area contributed by atoms with E-state index in [1.54, 1.807) is 27.7 Å². The van der Waals surface area contributed by atoms with Crippen LogP contribution in [0.2, 0.25) is 0 Å². The molecule has 0 aliphatic heterocycles. The third kappa shape index (κ3) is 8.65. The third-order valence-electron chi connectivity index (χ3n) is 2.41. The number of carboxylic acid groups (broad SMARTS) is 1. The Labute approximate surface area is 130 Å². The average molecular weight is 322 g/mol. The van der Waals surface area contributed by atoms with E-state index in [-0.39, 0.29) is 13.2 Å². The van der Waals surface area contributed by atoms with Crippen molar-refractivity contribution in [2.75, 3.05) is 27.4 Å². The van der Waals surface area contributed by atoms with Crippen LogP contribution in [0.4, 0.5) is 9.59 Å². The van der Waals surface area contributed by atoms with Crippen LogP contribution >= 0.6 is 0 Å². The molecular weight excluding hydrogens is 296 g/mol. The minimum atomic E-state index is -1.29. The summed E-state index contributed by atoms with van der Waals surface area (Å²) in [5.74, 6) is 0. The Kier molecular flexibility index (Phi) is 8.76. The Balaban J connectivity index is 4.39. The third-order valence-corrected chi connectivity index (χ3v) is 2.41. The molecule has 0 heterocycles. The number of hydrogen-bond acceptors (Lipinski definition) is 6. The first-order valence-electron chi connectivity index (χ1n) is 6.78. The first-order valence-corrected chi connectivity index (χ1v) is 6.78. The molecule has 1 unspecified atom stereocenters. The van der Waals surface area contributed by atoms with Crippen LogP contribution in [0.15, 0.2) is 0 Å². The fourth-order valence-electron chi connectivity index (χ4n) is 1.37. The van der Waals surface area contributed by atoms with Crippen LogP contribution in [0.3, 0.4) is 0 Å². The highest BCUT2D eigenvalue weighted by atomic mass is 16.7. The van der Waals surface area contributed by atoms with Crippen molar-refractivity contribution >= 4 is 12.2 Å². The summed E-state index contributed by atoms with van der Waals surface area (Å²) in [5.41, 5.74) is -0.625. The molecule has 2 N–H and O–H groups in total. The number of methoxy groups -OCH3 is 2. The van der Waals surface area contributed by atoms with E-state index < -0.39 is 30.1 Å². The largest absolute Gasteiger partial charge is 0.463 e. The van der Waals surface area contributed by atoms with Crippen molar-refractivity contribution in [2.24, 2.45) is 0 Å². The Bertz CT molecular complexity index is 353. The summed E-state index contributed by atoms with van der Waals surface area (Å²) in [7, 11) is 2.83. The van der Waals surface area contributed by atoms with Gasteiger partial charge in [0, 0.05) is 20.8 Å². The van der Waals surface area contributed by atoms with E-state index in [2.05, 4.69) is 5.32 Å². The van der Waals surface area contributed by atoms with Gasteiger partial charge in [0.2, 0.25) is 0 Å². The number of carbonyl (C=O) groups excluding carboxylic acids is 1. The van der Waals surface area contributed by atoms with Crippen molar-refractivity contribution in [3.63, 3.8) is 0 Å².